The Bertz CT molecular complexity index is 546. The molecule has 1 fully saturated rings. The van der Waals surface area contributed by atoms with E-state index in [1.54, 1.807) is 24.5 Å². The third kappa shape index (κ3) is 13.3. The molecule has 0 N–H and O–H groups in total. The second-order valence-corrected chi connectivity index (χ2v) is 9.45. The van der Waals surface area contributed by atoms with Crippen molar-refractivity contribution in [2.24, 2.45) is 0 Å². The van der Waals surface area contributed by atoms with Crippen molar-refractivity contribution in [3.8, 4) is 5.75 Å². The number of nitrogens with zero attached hydrogens (tertiary/aromatic N) is 1. The molecule has 0 spiro atoms. The molecule has 0 aliphatic carbocycles. The van der Waals surface area contributed by atoms with E-state index >= 15 is 0 Å². The minimum absolute atomic E-state index is 0.131. The van der Waals surface area contributed by atoms with Crippen molar-refractivity contribution in [2.45, 2.75) is 37.4 Å². The van der Waals surface area contributed by atoms with Gasteiger partial charge in [0.1, 0.15) is 19.0 Å². The maximum Gasteiger partial charge on any atom is 0.305 e. The topological polar surface area (TPSA) is 76.1 Å². The fraction of sp³-hybridized carbons (Fsp3) is 0.714. The number of carbonyl (C=O) groups excluding carboxylic acids is 1. The molecule has 1 aliphatic heterocycles. The second-order valence-electron chi connectivity index (χ2n) is 6.66. The zero-order chi connectivity index (χ0) is 21.1. The highest BCUT2D eigenvalue weighted by atomic mass is 33.1. The summed E-state index contributed by atoms with van der Waals surface area (Å²) in [6, 6.07) is 3.61. The smallest absolute Gasteiger partial charge is 0.305 e. The molecule has 2 heterocycles. The molecule has 0 bridgehead atoms. The molecular formula is C21H33NO6S2. The average Bonchev–Trinajstić information content (AvgIpc) is 3.29. The van der Waals surface area contributed by atoms with E-state index in [-0.39, 0.29) is 5.97 Å². The Kier molecular flexibility index (Phi) is 14.9. The number of unbranched alkanes of at least 4 members (excludes halogenated alkanes) is 1. The lowest BCUT2D eigenvalue weighted by molar-refractivity contribution is -0.145. The molecule has 30 heavy (non-hydrogen) atoms. The van der Waals surface area contributed by atoms with Crippen LogP contribution < -0.4 is 4.74 Å². The van der Waals surface area contributed by atoms with Crippen LogP contribution in [0.2, 0.25) is 0 Å². The predicted molar refractivity (Wildman–Crippen MR) is 120 cm³/mol. The maximum absolute atomic E-state index is 11.7. The number of ether oxygens (including phenoxy) is 5. The van der Waals surface area contributed by atoms with Gasteiger partial charge in [0, 0.05) is 29.8 Å². The van der Waals surface area contributed by atoms with Crippen LogP contribution in [0.1, 0.15) is 32.1 Å². The molecular weight excluding hydrogens is 426 g/mol. The summed E-state index contributed by atoms with van der Waals surface area (Å²) in [5, 5.41) is 0.778. The highest BCUT2D eigenvalue weighted by Crippen LogP contribution is 2.39. The van der Waals surface area contributed by atoms with Crippen LogP contribution in [0, 0.1) is 0 Å². The lowest BCUT2D eigenvalue weighted by Gasteiger charge is -2.09. The first-order valence-electron chi connectivity index (χ1n) is 10.5. The van der Waals surface area contributed by atoms with Crippen LogP contribution in [-0.2, 0) is 23.7 Å². The number of carbonyl (C=O) groups is 1. The first-order chi connectivity index (χ1) is 14.8. The Hall–Kier alpha value is -1.00. The van der Waals surface area contributed by atoms with Crippen molar-refractivity contribution < 1.29 is 28.5 Å². The molecule has 1 unspecified atom stereocenters. The van der Waals surface area contributed by atoms with Gasteiger partial charge in [0.25, 0.3) is 0 Å². The third-order valence-electron chi connectivity index (χ3n) is 4.27. The van der Waals surface area contributed by atoms with Crippen molar-refractivity contribution >= 4 is 27.6 Å². The normalized spacial score (nSPS) is 15.9. The minimum atomic E-state index is -0.131. The van der Waals surface area contributed by atoms with E-state index < -0.39 is 0 Å². The Morgan fingerprint density at radius 2 is 1.60 bits per heavy atom. The van der Waals surface area contributed by atoms with Gasteiger partial charge >= 0.3 is 5.97 Å². The average molecular weight is 460 g/mol. The summed E-state index contributed by atoms with van der Waals surface area (Å²) in [5.74, 6) is 1.91. The number of hydrogen-bond acceptors (Lipinski definition) is 9. The summed E-state index contributed by atoms with van der Waals surface area (Å²) in [4.78, 5) is 15.6. The van der Waals surface area contributed by atoms with Crippen molar-refractivity contribution in [3.63, 3.8) is 0 Å². The number of rotatable bonds is 18. The minimum Gasteiger partial charge on any atom is -0.491 e. The number of hydrogen-bond donors (Lipinski definition) is 0. The Labute approximate surface area is 187 Å². The summed E-state index contributed by atoms with van der Waals surface area (Å²) in [5.41, 5.74) is 0. The van der Waals surface area contributed by atoms with E-state index in [9.17, 15) is 4.79 Å². The Balaban J connectivity index is 1.25. The van der Waals surface area contributed by atoms with Crippen LogP contribution >= 0.6 is 21.6 Å². The van der Waals surface area contributed by atoms with Crippen LogP contribution in [0.5, 0.6) is 5.75 Å². The molecule has 7 nitrogen and oxygen atoms in total. The predicted octanol–water partition coefficient (Wildman–Crippen LogP) is 3.77. The van der Waals surface area contributed by atoms with Gasteiger partial charge in [-0.25, -0.2) is 0 Å². The molecule has 0 saturated carbocycles. The van der Waals surface area contributed by atoms with Crippen LogP contribution in [-0.4, -0.2) is 74.8 Å². The zero-order valence-corrected chi connectivity index (χ0v) is 19.1. The largest absolute Gasteiger partial charge is 0.491 e. The van der Waals surface area contributed by atoms with Crippen molar-refractivity contribution in [1.29, 1.82) is 0 Å². The molecule has 0 radical (unpaired) electrons. The molecule has 9 heteroatoms. The lowest BCUT2D eigenvalue weighted by Crippen LogP contribution is -2.14. The van der Waals surface area contributed by atoms with Gasteiger partial charge in [-0.1, -0.05) is 28.0 Å². The third-order valence-corrected chi connectivity index (χ3v) is 7.27. The van der Waals surface area contributed by atoms with Gasteiger partial charge in [-0.2, -0.15) is 0 Å². The van der Waals surface area contributed by atoms with Gasteiger partial charge in [-0.05, 0) is 31.4 Å². The molecule has 1 aliphatic rings. The fourth-order valence-electron chi connectivity index (χ4n) is 2.69. The maximum atomic E-state index is 11.7. The van der Waals surface area contributed by atoms with Crippen LogP contribution in [0.25, 0.3) is 0 Å². The van der Waals surface area contributed by atoms with Gasteiger partial charge in [0.15, 0.2) is 0 Å². The van der Waals surface area contributed by atoms with Gasteiger partial charge < -0.3 is 23.7 Å². The summed E-state index contributed by atoms with van der Waals surface area (Å²) in [7, 11) is 3.95. The summed E-state index contributed by atoms with van der Waals surface area (Å²) < 4.78 is 26.9. The van der Waals surface area contributed by atoms with E-state index in [0.717, 1.165) is 23.8 Å². The van der Waals surface area contributed by atoms with Crippen LogP contribution in [0.4, 0.5) is 0 Å². The quantitative estimate of drug-likeness (QED) is 0.185. The first kappa shape index (κ1) is 25.3. The summed E-state index contributed by atoms with van der Waals surface area (Å²) in [6.45, 7) is 3.67. The summed E-state index contributed by atoms with van der Waals surface area (Å²) in [6.07, 6.45) is 8.40. The van der Waals surface area contributed by atoms with Crippen LogP contribution in [0.15, 0.2) is 24.5 Å². The SMILES string of the molecule is O=C(CCCCC1CCSS1)OCCOCCOCCOCCOc1ccncc1. The van der Waals surface area contributed by atoms with Gasteiger partial charge in [-0.15, -0.1) is 0 Å². The fourth-order valence-corrected chi connectivity index (χ4v) is 5.71. The van der Waals surface area contributed by atoms with Crippen LogP contribution in [0.3, 0.4) is 0 Å². The molecule has 1 aromatic rings. The zero-order valence-electron chi connectivity index (χ0n) is 17.5. The molecule has 0 aromatic carbocycles. The molecule has 1 aromatic heterocycles. The first-order valence-corrected chi connectivity index (χ1v) is 12.9. The van der Waals surface area contributed by atoms with E-state index in [2.05, 4.69) is 4.98 Å². The molecule has 170 valence electrons. The van der Waals surface area contributed by atoms with Crippen molar-refractivity contribution in [1.82, 2.24) is 4.98 Å². The van der Waals surface area contributed by atoms with Crippen molar-refractivity contribution in [2.75, 3.05) is 58.6 Å². The van der Waals surface area contributed by atoms with Crippen molar-refractivity contribution in [3.05, 3.63) is 24.5 Å². The number of esters is 1. The monoisotopic (exact) mass is 459 g/mol. The Morgan fingerprint density at radius 1 is 0.933 bits per heavy atom. The molecule has 1 atom stereocenters. The van der Waals surface area contributed by atoms with E-state index in [1.165, 1.54) is 18.6 Å². The second kappa shape index (κ2) is 17.7. The standard InChI is InChI=1S/C21H33NO6S2/c23-21(4-2-1-3-20-7-18-29-30-20)28-17-15-26-13-11-24-10-12-25-14-16-27-19-5-8-22-9-6-19/h5-6,8-9,20H,1-4,7,10-18H2. The molecule has 0 amide bonds. The van der Waals surface area contributed by atoms with E-state index in [0.29, 0.717) is 59.3 Å². The Morgan fingerprint density at radius 3 is 2.27 bits per heavy atom. The van der Waals surface area contributed by atoms with Gasteiger partial charge in [0.2, 0.25) is 0 Å². The van der Waals surface area contributed by atoms with Gasteiger partial charge in [0.05, 0.1) is 39.6 Å². The van der Waals surface area contributed by atoms with E-state index in [4.69, 9.17) is 23.7 Å². The van der Waals surface area contributed by atoms with Gasteiger partial charge in [-0.3, -0.25) is 9.78 Å². The highest BCUT2D eigenvalue weighted by Gasteiger charge is 2.15. The number of pyridine rings is 1. The lowest BCUT2D eigenvalue weighted by atomic mass is 10.1. The highest BCUT2D eigenvalue weighted by molar-refractivity contribution is 8.77. The van der Waals surface area contributed by atoms with E-state index in [1.807, 2.05) is 21.6 Å². The molecule has 2 rings (SSSR count). The molecule has 1 saturated heterocycles. The number of aromatic nitrogens is 1. The summed E-state index contributed by atoms with van der Waals surface area (Å²) >= 11 is 0.